The van der Waals surface area contributed by atoms with E-state index in [4.69, 9.17) is 18.9 Å². The molecule has 0 aliphatic carbocycles. The number of hydrogen-bond donors (Lipinski definition) is 1. The highest BCUT2D eigenvalue weighted by atomic mass is 16.6. The number of methoxy groups -OCH3 is 3. The molecule has 0 aromatic heterocycles. The number of rotatable bonds is 9. The van der Waals surface area contributed by atoms with Gasteiger partial charge in [0.15, 0.2) is 17.2 Å². The van der Waals surface area contributed by atoms with Crippen molar-refractivity contribution in [3.63, 3.8) is 0 Å². The molecule has 0 heterocycles. The quantitative estimate of drug-likeness (QED) is 0.394. The van der Waals surface area contributed by atoms with Crippen molar-refractivity contribution in [2.24, 2.45) is 0 Å². The molecule has 0 aliphatic rings. The molecule has 1 N–H and O–H groups in total. The fourth-order valence-electron chi connectivity index (χ4n) is 2.91. The molecule has 3 aromatic rings. The van der Waals surface area contributed by atoms with Gasteiger partial charge >= 0.3 is 5.69 Å². The maximum absolute atomic E-state index is 11.4. The summed E-state index contributed by atoms with van der Waals surface area (Å²) in [5, 5.41) is 14.6. The van der Waals surface area contributed by atoms with Crippen molar-refractivity contribution in [1.82, 2.24) is 0 Å². The number of nitrogens with zero attached hydrogens (tertiary/aromatic N) is 1. The molecule has 0 saturated carbocycles. The first-order valence-corrected chi connectivity index (χ1v) is 9.08. The standard InChI is InChI=1S/C22H22N2O6/c1-27-20-12-17(13-21(28-2)22(20)29-3)23-16-9-10-18(24(25)26)19(11-16)30-14-15-7-5-4-6-8-15/h4-13,23H,14H2,1-3H3. The fraction of sp³-hybridized carbons (Fsp3) is 0.182. The average molecular weight is 410 g/mol. The summed E-state index contributed by atoms with van der Waals surface area (Å²) in [6, 6.07) is 17.5. The fourth-order valence-corrected chi connectivity index (χ4v) is 2.91. The Labute approximate surface area is 174 Å². The maximum atomic E-state index is 11.4. The zero-order valence-corrected chi connectivity index (χ0v) is 16.9. The van der Waals surface area contributed by atoms with Crippen LogP contribution in [-0.2, 0) is 6.61 Å². The molecule has 3 rings (SSSR count). The Morgan fingerprint density at radius 2 is 1.47 bits per heavy atom. The molecule has 0 unspecified atom stereocenters. The van der Waals surface area contributed by atoms with Crippen molar-refractivity contribution in [3.05, 3.63) is 76.3 Å². The Hall–Kier alpha value is -3.94. The monoisotopic (exact) mass is 410 g/mol. The molecule has 30 heavy (non-hydrogen) atoms. The van der Waals surface area contributed by atoms with E-state index >= 15 is 0 Å². The highest BCUT2D eigenvalue weighted by Crippen LogP contribution is 2.41. The van der Waals surface area contributed by atoms with Crippen molar-refractivity contribution in [2.45, 2.75) is 6.61 Å². The Bertz CT molecular complexity index is 998. The number of anilines is 2. The van der Waals surface area contributed by atoms with Gasteiger partial charge in [-0.1, -0.05) is 30.3 Å². The molecular formula is C22H22N2O6. The minimum atomic E-state index is -0.469. The lowest BCUT2D eigenvalue weighted by Crippen LogP contribution is -2.01. The van der Waals surface area contributed by atoms with Crippen molar-refractivity contribution in [1.29, 1.82) is 0 Å². The summed E-state index contributed by atoms with van der Waals surface area (Å²) in [5.41, 5.74) is 2.07. The summed E-state index contributed by atoms with van der Waals surface area (Å²) in [6.45, 7) is 0.218. The Morgan fingerprint density at radius 3 is 2.03 bits per heavy atom. The van der Waals surface area contributed by atoms with Crippen molar-refractivity contribution in [2.75, 3.05) is 26.6 Å². The van der Waals surface area contributed by atoms with E-state index in [2.05, 4.69) is 5.32 Å². The van der Waals surface area contributed by atoms with Crippen molar-refractivity contribution < 1.29 is 23.9 Å². The molecule has 0 amide bonds. The second kappa shape index (κ2) is 9.51. The van der Waals surface area contributed by atoms with Crippen LogP contribution in [0.2, 0.25) is 0 Å². The topological polar surface area (TPSA) is 92.1 Å². The average Bonchev–Trinajstić information content (AvgIpc) is 2.77. The van der Waals surface area contributed by atoms with Crippen LogP contribution in [0.25, 0.3) is 0 Å². The first kappa shape index (κ1) is 20.8. The number of benzene rings is 3. The van der Waals surface area contributed by atoms with Gasteiger partial charge in [0.25, 0.3) is 0 Å². The van der Waals surface area contributed by atoms with Crippen LogP contribution >= 0.6 is 0 Å². The summed E-state index contributed by atoms with van der Waals surface area (Å²) in [5.74, 6) is 1.62. The van der Waals surface area contributed by atoms with Crippen LogP contribution in [0.15, 0.2) is 60.7 Å². The Kier molecular flexibility index (Phi) is 6.59. The highest BCUT2D eigenvalue weighted by molar-refractivity contribution is 5.70. The van der Waals surface area contributed by atoms with Gasteiger partial charge in [0.2, 0.25) is 5.75 Å². The largest absolute Gasteiger partial charge is 0.493 e. The van der Waals surface area contributed by atoms with E-state index in [0.29, 0.717) is 28.6 Å². The van der Waals surface area contributed by atoms with Gasteiger partial charge in [-0.05, 0) is 11.6 Å². The summed E-state index contributed by atoms with van der Waals surface area (Å²) < 4.78 is 21.8. The number of nitro groups is 1. The van der Waals surface area contributed by atoms with Gasteiger partial charge < -0.3 is 24.3 Å². The summed E-state index contributed by atoms with van der Waals surface area (Å²) >= 11 is 0. The van der Waals surface area contributed by atoms with Crippen LogP contribution in [0.1, 0.15) is 5.56 Å². The van der Waals surface area contributed by atoms with E-state index in [-0.39, 0.29) is 18.0 Å². The van der Waals surface area contributed by atoms with E-state index < -0.39 is 4.92 Å². The maximum Gasteiger partial charge on any atom is 0.311 e. The lowest BCUT2D eigenvalue weighted by atomic mass is 10.2. The number of nitrogens with one attached hydrogen (secondary N) is 1. The third-order valence-corrected chi connectivity index (χ3v) is 4.35. The first-order valence-electron chi connectivity index (χ1n) is 9.08. The highest BCUT2D eigenvalue weighted by Gasteiger charge is 2.17. The van der Waals surface area contributed by atoms with Gasteiger partial charge in [-0.3, -0.25) is 10.1 Å². The molecule has 0 saturated heterocycles. The third-order valence-electron chi connectivity index (χ3n) is 4.35. The van der Waals surface area contributed by atoms with Crippen LogP contribution in [0, 0.1) is 10.1 Å². The minimum Gasteiger partial charge on any atom is -0.493 e. The van der Waals surface area contributed by atoms with Crippen LogP contribution in [0.5, 0.6) is 23.0 Å². The van der Waals surface area contributed by atoms with Crippen molar-refractivity contribution in [3.8, 4) is 23.0 Å². The van der Waals surface area contributed by atoms with E-state index in [1.165, 1.54) is 27.4 Å². The lowest BCUT2D eigenvalue weighted by Gasteiger charge is -2.15. The molecule has 8 heteroatoms. The summed E-state index contributed by atoms with van der Waals surface area (Å²) in [6.07, 6.45) is 0. The van der Waals surface area contributed by atoms with Gasteiger partial charge in [-0.15, -0.1) is 0 Å². The first-order chi connectivity index (χ1) is 14.5. The predicted molar refractivity (Wildman–Crippen MR) is 113 cm³/mol. The predicted octanol–water partition coefficient (Wildman–Crippen LogP) is 4.94. The second-order valence-corrected chi connectivity index (χ2v) is 6.25. The lowest BCUT2D eigenvalue weighted by molar-refractivity contribution is -0.385. The summed E-state index contributed by atoms with van der Waals surface area (Å²) in [7, 11) is 4.59. The van der Waals surface area contributed by atoms with E-state index in [0.717, 1.165) is 5.56 Å². The van der Waals surface area contributed by atoms with Gasteiger partial charge in [-0.25, -0.2) is 0 Å². The molecule has 8 nitrogen and oxygen atoms in total. The Morgan fingerprint density at radius 1 is 0.833 bits per heavy atom. The van der Waals surface area contributed by atoms with E-state index in [9.17, 15) is 10.1 Å². The van der Waals surface area contributed by atoms with Gasteiger partial charge in [0.05, 0.1) is 26.3 Å². The van der Waals surface area contributed by atoms with Crippen molar-refractivity contribution >= 4 is 17.1 Å². The van der Waals surface area contributed by atoms with Crippen LogP contribution < -0.4 is 24.3 Å². The van der Waals surface area contributed by atoms with Gasteiger partial charge in [0, 0.05) is 35.6 Å². The number of nitro benzene ring substituents is 1. The van der Waals surface area contributed by atoms with Crippen LogP contribution in [0.3, 0.4) is 0 Å². The van der Waals surface area contributed by atoms with E-state index in [1.54, 1.807) is 24.3 Å². The molecule has 0 fully saturated rings. The van der Waals surface area contributed by atoms with E-state index in [1.807, 2.05) is 30.3 Å². The molecule has 0 spiro atoms. The molecule has 156 valence electrons. The zero-order valence-electron chi connectivity index (χ0n) is 16.9. The summed E-state index contributed by atoms with van der Waals surface area (Å²) in [4.78, 5) is 10.9. The second-order valence-electron chi connectivity index (χ2n) is 6.25. The Balaban J connectivity index is 1.88. The van der Waals surface area contributed by atoms with Gasteiger partial charge in [0.1, 0.15) is 6.61 Å². The van der Waals surface area contributed by atoms with Gasteiger partial charge in [-0.2, -0.15) is 0 Å². The molecule has 0 bridgehead atoms. The third kappa shape index (κ3) is 4.72. The SMILES string of the molecule is COc1cc(Nc2ccc([N+](=O)[O-])c(OCc3ccccc3)c2)cc(OC)c1OC. The number of ether oxygens (including phenoxy) is 4. The van der Waals surface area contributed by atoms with Crippen LogP contribution in [0.4, 0.5) is 17.1 Å². The smallest absolute Gasteiger partial charge is 0.311 e. The van der Waals surface area contributed by atoms with Crippen LogP contribution in [-0.4, -0.2) is 26.3 Å². The zero-order chi connectivity index (χ0) is 21.5. The molecule has 3 aromatic carbocycles. The minimum absolute atomic E-state index is 0.110. The molecular weight excluding hydrogens is 388 g/mol. The molecule has 0 radical (unpaired) electrons. The number of hydrogen-bond acceptors (Lipinski definition) is 7. The normalized spacial score (nSPS) is 10.2. The molecule has 0 atom stereocenters. The molecule has 0 aliphatic heterocycles.